The van der Waals surface area contributed by atoms with Crippen molar-refractivity contribution >= 4 is 34.7 Å². The Morgan fingerprint density at radius 2 is 2.46 bits per heavy atom. The van der Waals surface area contributed by atoms with Crippen molar-refractivity contribution in [1.82, 2.24) is 9.97 Å². The summed E-state index contributed by atoms with van der Waals surface area (Å²) in [4.78, 5) is 17.2. The second-order valence-corrected chi connectivity index (χ2v) is 2.87. The Balaban J connectivity index is 2.65. The van der Waals surface area contributed by atoms with Crippen LogP contribution >= 0.6 is 11.6 Å². The predicted molar refractivity (Wildman–Crippen MR) is 50.8 cm³/mol. The van der Waals surface area contributed by atoms with Gasteiger partial charge >= 0.3 is 0 Å². The maximum absolute atomic E-state index is 10.2. The predicted octanol–water partition coefficient (Wildman–Crippen LogP) is 1.78. The third-order valence-corrected chi connectivity index (χ3v) is 2.14. The number of halogens is 1. The number of amides is 1. The standard InChI is InChI=1S/C8H6ClN3O/c9-7-5-1-2-10-8(5)11-3-6(7)12-4-13/h1-4H,(H,10,11)(H,12,13). The van der Waals surface area contributed by atoms with Crippen LogP contribution in [-0.4, -0.2) is 16.4 Å². The van der Waals surface area contributed by atoms with E-state index >= 15 is 0 Å². The number of pyridine rings is 1. The summed E-state index contributed by atoms with van der Waals surface area (Å²) in [6.07, 6.45) is 3.82. The van der Waals surface area contributed by atoms with E-state index < -0.39 is 0 Å². The molecule has 13 heavy (non-hydrogen) atoms. The SMILES string of the molecule is O=CNc1cnc2[nH]ccc2c1Cl. The molecule has 66 valence electrons. The fourth-order valence-electron chi connectivity index (χ4n) is 1.14. The van der Waals surface area contributed by atoms with E-state index in [9.17, 15) is 4.79 Å². The maximum atomic E-state index is 10.2. The molecule has 0 unspecified atom stereocenters. The average molecular weight is 196 g/mol. The second kappa shape index (κ2) is 3.06. The maximum Gasteiger partial charge on any atom is 0.211 e. The quantitative estimate of drug-likeness (QED) is 0.718. The van der Waals surface area contributed by atoms with Crippen LogP contribution in [-0.2, 0) is 4.79 Å². The van der Waals surface area contributed by atoms with Gasteiger partial charge in [0.1, 0.15) is 5.65 Å². The first-order valence-corrected chi connectivity index (χ1v) is 4.02. The molecule has 0 radical (unpaired) electrons. The zero-order valence-corrected chi connectivity index (χ0v) is 7.30. The van der Waals surface area contributed by atoms with Crippen molar-refractivity contribution in [2.24, 2.45) is 0 Å². The highest BCUT2D eigenvalue weighted by Crippen LogP contribution is 2.28. The number of carbonyl (C=O) groups is 1. The molecule has 0 aromatic carbocycles. The number of anilines is 1. The van der Waals surface area contributed by atoms with Crippen molar-refractivity contribution in [2.45, 2.75) is 0 Å². The number of hydrogen-bond donors (Lipinski definition) is 2. The van der Waals surface area contributed by atoms with Gasteiger partial charge in [0.2, 0.25) is 6.41 Å². The molecule has 0 aliphatic heterocycles. The zero-order chi connectivity index (χ0) is 9.26. The van der Waals surface area contributed by atoms with Crippen LogP contribution < -0.4 is 5.32 Å². The molecule has 2 N–H and O–H groups in total. The summed E-state index contributed by atoms with van der Waals surface area (Å²) >= 11 is 5.98. The van der Waals surface area contributed by atoms with Gasteiger partial charge in [-0.1, -0.05) is 11.6 Å². The smallest absolute Gasteiger partial charge is 0.211 e. The summed E-state index contributed by atoms with van der Waals surface area (Å²) in [7, 11) is 0. The van der Waals surface area contributed by atoms with Crippen molar-refractivity contribution < 1.29 is 4.79 Å². The molecular formula is C8H6ClN3O. The molecule has 0 saturated carbocycles. The van der Waals surface area contributed by atoms with Crippen LogP contribution in [0.15, 0.2) is 18.5 Å². The van der Waals surface area contributed by atoms with Gasteiger partial charge in [-0.05, 0) is 6.07 Å². The number of rotatable bonds is 2. The highest BCUT2D eigenvalue weighted by atomic mass is 35.5. The van der Waals surface area contributed by atoms with Gasteiger partial charge in [0.05, 0.1) is 16.9 Å². The first-order valence-electron chi connectivity index (χ1n) is 3.64. The van der Waals surface area contributed by atoms with Crippen LogP contribution in [0.2, 0.25) is 5.02 Å². The van der Waals surface area contributed by atoms with Gasteiger partial charge in [-0.25, -0.2) is 4.98 Å². The van der Waals surface area contributed by atoms with Crippen LogP contribution in [0, 0.1) is 0 Å². The lowest BCUT2D eigenvalue weighted by Crippen LogP contribution is -1.95. The van der Waals surface area contributed by atoms with Gasteiger partial charge in [0, 0.05) is 11.6 Å². The fraction of sp³-hybridized carbons (Fsp3) is 0. The van der Waals surface area contributed by atoms with Gasteiger partial charge in [-0.15, -0.1) is 0 Å². The molecule has 0 aliphatic carbocycles. The van der Waals surface area contributed by atoms with E-state index in [0.29, 0.717) is 22.8 Å². The van der Waals surface area contributed by atoms with E-state index in [4.69, 9.17) is 11.6 Å². The third kappa shape index (κ3) is 1.25. The van der Waals surface area contributed by atoms with Gasteiger partial charge in [-0.3, -0.25) is 4.79 Å². The number of fused-ring (bicyclic) bond motifs is 1. The Morgan fingerprint density at radius 3 is 3.23 bits per heavy atom. The van der Waals surface area contributed by atoms with E-state index in [2.05, 4.69) is 15.3 Å². The van der Waals surface area contributed by atoms with Crippen LogP contribution in [0.5, 0.6) is 0 Å². The van der Waals surface area contributed by atoms with Crippen molar-refractivity contribution in [1.29, 1.82) is 0 Å². The zero-order valence-electron chi connectivity index (χ0n) is 6.54. The lowest BCUT2D eigenvalue weighted by Gasteiger charge is -2.01. The molecule has 4 nitrogen and oxygen atoms in total. The number of nitrogens with one attached hydrogen (secondary N) is 2. The number of H-pyrrole nitrogens is 1. The minimum absolute atomic E-state index is 0.498. The molecule has 1 amide bonds. The molecule has 5 heteroatoms. The van der Waals surface area contributed by atoms with Crippen molar-refractivity contribution in [3.63, 3.8) is 0 Å². The minimum Gasteiger partial charge on any atom is -0.346 e. The summed E-state index contributed by atoms with van der Waals surface area (Å²) < 4.78 is 0. The molecule has 0 saturated heterocycles. The number of aromatic amines is 1. The highest BCUT2D eigenvalue weighted by Gasteiger charge is 2.05. The second-order valence-electron chi connectivity index (χ2n) is 2.49. The summed E-state index contributed by atoms with van der Waals surface area (Å²) in [6, 6.07) is 1.81. The van der Waals surface area contributed by atoms with Crippen LogP contribution in [0.3, 0.4) is 0 Å². The van der Waals surface area contributed by atoms with E-state index in [1.807, 2.05) is 0 Å². The number of aromatic nitrogens is 2. The van der Waals surface area contributed by atoms with E-state index in [1.54, 1.807) is 12.3 Å². The molecule has 0 atom stereocenters. The van der Waals surface area contributed by atoms with E-state index in [1.165, 1.54) is 6.20 Å². The Bertz CT molecular complexity index is 452. The van der Waals surface area contributed by atoms with Crippen molar-refractivity contribution in [3.8, 4) is 0 Å². The molecule has 2 heterocycles. The minimum atomic E-state index is 0.498. The van der Waals surface area contributed by atoms with Crippen LogP contribution in [0.4, 0.5) is 5.69 Å². The van der Waals surface area contributed by atoms with Gasteiger partial charge in [0.15, 0.2) is 0 Å². The third-order valence-electron chi connectivity index (χ3n) is 1.74. The topological polar surface area (TPSA) is 57.8 Å². The molecule has 0 spiro atoms. The molecule has 2 rings (SSSR count). The molecular weight excluding hydrogens is 190 g/mol. The Morgan fingerprint density at radius 1 is 1.62 bits per heavy atom. The van der Waals surface area contributed by atoms with Crippen molar-refractivity contribution in [3.05, 3.63) is 23.5 Å². The Kier molecular flexibility index (Phi) is 1.90. The Labute approximate surface area is 78.9 Å². The van der Waals surface area contributed by atoms with Crippen molar-refractivity contribution in [2.75, 3.05) is 5.32 Å². The lowest BCUT2D eigenvalue weighted by molar-refractivity contribution is -0.105. The van der Waals surface area contributed by atoms with E-state index in [0.717, 1.165) is 5.39 Å². The largest absolute Gasteiger partial charge is 0.346 e. The van der Waals surface area contributed by atoms with Crippen LogP contribution in [0.1, 0.15) is 0 Å². The number of nitrogens with zero attached hydrogens (tertiary/aromatic N) is 1. The number of carbonyl (C=O) groups excluding carboxylic acids is 1. The van der Waals surface area contributed by atoms with Gasteiger partial charge in [-0.2, -0.15) is 0 Å². The molecule has 0 aliphatic rings. The molecule has 0 fully saturated rings. The number of hydrogen-bond acceptors (Lipinski definition) is 2. The summed E-state index contributed by atoms with van der Waals surface area (Å²) in [5.41, 5.74) is 1.23. The monoisotopic (exact) mass is 195 g/mol. The molecule has 2 aromatic heterocycles. The molecule has 2 aromatic rings. The lowest BCUT2D eigenvalue weighted by atomic mass is 10.3. The summed E-state index contributed by atoms with van der Waals surface area (Å²) in [5.74, 6) is 0. The van der Waals surface area contributed by atoms with Gasteiger partial charge < -0.3 is 10.3 Å². The van der Waals surface area contributed by atoms with Crippen LogP contribution in [0.25, 0.3) is 11.0 Å². The highest BCUT2D eigenvalue weighted by molar-refractivity contribution is 6.38. The van der Waals surface area contributed by atoms with E-state index in [-0.39, 0.29) is 0 Å². The summed E-state index contributed by atoms with van der Waals surface area (Å²) in [6.45, 7) is 0. The first-order chi connectivity index (χ1) is 6.33. The Hall–Kier alpha value is -1.55. The first kappa shape index (κ1) is 8.07. The normalized spacial score (nSPS) is 10.2. The molecule has 0 bridgehead atoms. The average Bonchev–Trinajstić information content (AvgIpc) is 2.58. The summed E-state index contributed by atoms with van der Waals surface area (Å²) in [5, 5.41) is 3.77. The fourth-order valence-corrected chi connectivity index (χ4v) is 1.40. The van der Waals surface area contributed by atoms with Gasteiger partial charge in [0.25, 0.3) is 0 Å².